The average Bonchev–Trinajstić information content (AvgIpc) is 1.78. The van der Waals surface area contributed by atoms with E-state index in [1.807, 2.05) is 0 Å². The highest BCUT2D eigenvalue weighted by Gasteiger charge is 2.46. The molecule has 0 rings (SSSR count). The molecule has 0 fully saturated rings. The van der Waals surface area contributed by atoms with Crippen LogP contribution in [0.15, 0.2) is 0 Å². The fourth-order valence-corrected chi connectivity index (χ4v) is 2.19. The lowest BCUT2D eigenvalue weighted by Gasteiger charge is -2.18. The van der Waals surface area contributed by atoms with Gasteiger partial charge in [-0.05, 0) is 0 Å². The van der Waals surface area contributed by atoms with Gasteiger partial charge in [0.2, 0.25) is 7.37 Å². The largest absolute Gasteiger partial charge is 0.398 e. The Kier molecular flexibility index (Phi) is 4.03. The Hall–Kier alpha value is -0.230. The zero-order valence-electron chi connectivity index (χ0n) is 6.95. The highest BCUT2D eigenvalue weighted by atomic mass is 31.2. The predicted octanol–water partition coefficient (Wildman–Crippen LogP) is 3.04. The van der Waals surface area contributed by atoms with E-state index in [-0.39, 0.29) is 0 Å². The molecule has 0 atom stereocenters. The van der Waals surface area contributed by atoms with Gasteiger partial charge in [-0.25, -0.2) is 0 Å². The maximum Gasteiger partial charge on any atom is 0.398 e. The molecule has 0 heterocycles. The third kappa shape index (κ3) is 6.26. The molecule has 0 aromatic rings. The quantitative estimate of drug-likeness (QED) is 0.563. The van der Waals surface area contributed by atoms with E-state index in [0.29, 0.717) is 7.11 Å². The van der Waals surface area contributed by atoms with Crippen LogP contribution < -0.4 is 0 Å². The van der Waals surface area contributed by atoms with Crippen molar-refractivity contribution < 1.29 is 35.4 Å². The highest BCUT2D eigenvalue weighted by Crippen LogP contribution is 2.53. The summed E-state index contributed by atoms with van der Waals surface area (Å²) in [6, 6.07) is 0. The summed E-state index contributed by atoms with van der Waals surface area (Å²) in [6.07, 6.45) is -14.0. The van der Waals surface area contributed by atoms with Gasteiger partial charge in [0.25, 0.3) is 0 Å². The molecule has 0 N–H and O–H groups in total. The molecule has 0 unspecified atom stereocenters. The summed E-state index contributed by atoms with van der Waals surface area (Å²) >= 11 is 0. The van der Waals surface area contributed by atoms with Crippen LogP contribution in [0.25, 0.3) is 0 Å². The van der Waals surface area contributed by atoms with Crippen LogP contribution in [0.2, 0.25) is 0 Å². The molecule has 0 aliphatic carbocycles. The average molecular weight is 244 g/mol. The molecule has 0 spiro atoms. The first-order valence-corrected chi connectivity index (χ1v) is 5.24. The second kappa shape index (κ2) is 4.10. The van der Waals surface area contributed by atoms with E-state index in [0.717, 1.165) is 0 Å². The van der Waals surface area contributed by atoms with Crippen molar-refractivity contribution in [2.45, 2.75) is 12.4 Å². The molecule has 2 nitrogen and oxygen atoms in total. The smallest absolute Gasteiger partial charge is 0.331 e. The minimum absolute atomic E-state index is 0.568. The van der Waals surface area contributed by atoms with Crippen LogP contribution in [-0.2, 0) is 9.09 Å². The topological polar surface area (TPSA) is 26.3 Å². The number of hydrogen-bond donors (Lipinski definition) is 0. The SMILES string of the molecule is COP(=O)(CC(F)(F)F)CC(F)(F)F. The molecular formula is C5H7F6O2P. The molecule has 14 heavy (non-hydrogen) atoms. The second-order valence-corrected chi connectivity index (χ2v) is 5.17. The van der Waals surface area contributed by atoms with Crippen molar-refractivity contribution in [2.24, 2.45) is 0 Å². The molecule has 0 saturated carbocycles. The van der Waals surface area contributed by atoms with Crippen molar-refractivity contribution in [3.05, 3.63) is 0 Å². The first-order valence-electron chi connectivity index (χ1n) is 3.25. The normalized spacial score (nSPS) is 14.5. The highest BCUT2D eigenvalue weighted by molar-refractivity contribution is 7.59. The zero-order valence-corrected chi connectivity index (χ0v) is 7.84. The summed E-state index contributed by atoms with van der Waals surface area (Å²) in [6.45, 7) is 0. The number of halogens is 6. The van der Waals surface area contributed by atoms with Gasteiger partial charge in [-0.1, -0.05) is 0 Å². The fourth-order valence-electron chi connectivity index (χ4n) is 0.731. The molecule has 0 bridgehead atoms. The minimum Gasteiger partial charge on any atom is -0.331 e. The Balaban J connectivity index is 4.59. The fraction of sp³-hybridized carbons (Fsp3) is 1.00. The van der Waals surface area contributed by atoms with E-state index in [9.17, 15) is 30.9 Å². The zero-order chi connectivity index (χ0) is 11.6. The molecule has 0 aromatic carbocycles. The van der Waals surface area contributed by atoms with Gasteiger partial charge in [0.05, 0.1) is 0 Å². The minimum atomic E-state index is -4.93. The van der Waals surface area contributed by atoms with E-state index >= 15 is 0 Å². The molecule has 86 valence electrons. The molecule has 9 heteroatoms. The summed E-state index contributed by atoms with van der Waals surface area (Å²) in [5, 5.41) is 0. The van der Waals surface area contributed by atoms with Crippen LogP contribution >= 0.6 is 7.37 Å². The lowest BCUT2D eigenvalue weighted by atomic mass is 10.8. The van der Waals surface area contributed by atoms with Crippen LogP contribution in [0.3, 0.4) is 0 Å². The first-order chi connectivity index (χ1) is 5.97. The van der Waals surface area contributed by atoms with E-state index < -0.39 is 32.0 Å². The van der Waals surface area contributed by atoms with Crippen molar-refractivity contribution >= 4 is 7.37 Å². The van der Waals surface area contributed by atoms with E-state index in [1.54, 1.807) is 0 Å². The van der Waals surface area contributed by atoms with Crippen LogP contribution in [0.4, 0.5) is 26.3 Å². The van der Waals surface area contributed by atoms with Crippen LogP contribution in [0, 0.1) is 0 Å². The van der Waals surface area contributed by atoms with Crippen LogP contribution in [-0.4, -0.2) is 31.8 Å². The summed E-state index contributed by atoms with van der Waals surface area (Å²) in [5.74, 6) is 0. The maximum atomic E-state index is 11.7. The third-order valence-electron chi connectivity index (χ3n) is 1.17. The van der Waals surface area contributed by atoms with Gasteiger partial charge < -0.3 is 4.52 Å². The number of rotatable bonds is 3. The van der Waals surface area contributed by atoms with Gasteiger partial charge in [0.15, 0.2) is 0 Å². The number of hydrogen-bond acceptors (Lipinski definition) is 2. The summed E-state index contributed by atoms with van der Waals surface area (Å²) in [7, 11) is -4.13. The summed E-state index contributed by atoms with van der Waals surface area (Å²) in [4.78, 5) is 0. The molecule has 0 aliphatic heterocycles. The van der Waals surface area contributed by atoms with Crippen molar-refractivity contribution in [1.82, 2.24) is 0 Å². The van der Waals surface area contributed by atoms with Crippen molar-refractivity contribution in [2.75, 3.05) is 19.4 Å². The van der Waals surface area contributed by atoms with Gasteiger partial charge in [-0.15, -0.1) is 0 Å². The Morgan fingerprint density at radius 1 is 1.00 bits per heavy atom. The molecular weight excluding hydrogens is 237 g/mol. The Morgan fingerprint density at radius 2 is 1.29 bits per heavy atom. The van der Waals surface area contributed by atoms with Crippen molar-refractivity contribution in [3.63, 3.8) is 0 Å². The third-order valence-corrected chi connectivity index (χ3v) is 3.52. The Morgan fingerprint density at radius 3 is 1.43 bits per heavy atom. The van der Waals surface area contributed by atoms with Gasteiger partial charge in [0, 0.05) is 7.11 Å². The molecule has 0 aromatic heterocycles. The standard InChI is InChI=1S/C5H7F6O2P/c1-13-14(12,2-4(6,7)8)3-5(9,10)11/h2-3H2,1H3. The summed E-state index contributed by atoms with van der Waals surface area (Å²) < 4.78 is 84.9. The Bertz CT molecular complexity index is 211. The molecule has 0 saturated heterocycles. The van der Waals surface area contributed by atoms with Crippen LogP contribution in [0.1, 0.15) is 0 Å². The van der Waals surface area contributed by atoms with E-state index in [1.165, 1.54) is 0 Å². The van der Waals surface area contributed by atoms with Crippen LogP contribution in [0.5, 0.6) is 0 Å². The maximum absolute atomic E-state index is 11.7. The lowest BCUT2D eigenvalue weighted by Crippen LogP contribution is -2.22. The van der Waals surface area contributed by atoms with Crippen molar-refractivity contribution in [1.29, 1.82) is 0 Å². The van der Waals surface area contributed by atoms with Crippen molar-refractivity contribution in [3.8, 4) is 0 Å². The Labute approximate surface area is 75.7 Å². The summed E-state index contributed by atoms with van der Waals surface area (Å²) in [5.41, 5.74) is 0. The lowest BCUT2D eigenvalue weighted by molar-refractivity contribution is -0.115. The second-order valence-electron chi connectivity index (χ2n) is 2.54. The predicted molar refractivity (Wildman–Crippen MR) is 36.5 cm³/mol. The molecule has 0 radical (unpaired) electrons. The first kappa shape index (κ1) is 13.8. The van der Waals surface area contributed by atoms with E-state index in [4.69, 9.17) is 0 Å². The number of alkyl halides is 6. The van der Waals surface area contributed by atoms with Gasteiger partial charge >= 0.3 is 12.4 Å². The molecule has 0 amide bonds. The van der Waals surface area contributed by atoms with Gasteiger partial charge in [-0.2, -0.15) is 26.3 Å². The van der Waals surface area contributed by atoms with Gasteiger partial charge in [0.1, 0.15) is 12.3 Å². The monoisotopic (exact) mass is 244 g/mol. The van der Waals surface area contributed by atoms with Gasteiger partial charge in [-0.3, -0.25) is 4.57 Å². The molecule has 0 aliphatic rings. The van der Waals surface area contributed by atoms with E-state index in [2.05, 4.69) is 4.52 Å².